The van der Waals surface area contributed by atoms with E-state index >= 15 is 0 Å². The lowest BCUT2D eigenvalue weighted by Gasteiger charge is -2.27. The highest BCUT2D eigenvalue weighted by molar-refractivity contribution is 5.46. The fourth-order valence-corrected chi connectivity index (χ4v) is 2.51. The predicted molar refractivity (Wildman–Crippen MR) is 71.7 cm³/mol. The molecule has 0 aliphatic carbocycles. The molecule has 1 fully saturated rings. The standard InChI is InChI=1S/C14H22N2O2/c1-9-6-7-10(12(15)16-9)17-11-8-13(2,3)18-14(11,4)5/h6-7,11H,8H2,1-5H3,(H2,15,16). The largest absolute Gasteiger partial charge is 0.483 e. The Labute approximate surface area is 108 Å². The zero-order valence-corrected chi connectivity index (χ0v) is 11.8. The molecule has 2 N–H and O–H groups in total. The molecule has 4 nitrogen and oxygen atoms in total. The molecule has 1 aliphatic rings. The SMILES string of the molecule is Cc1ccc(OC2CC(C)(C)OC2(C)C)c(N)n1. The Morgan fingerprint density at radius 2 is 2.00 bits per heavy atom. The third-order valence-electron chi connectivity index (χ3n) is 3.29. The lowest BCUT2D eigenvalue weighted by Crippen LogP contribution is -2.36. The zero-order valence-electron chi connectivity index (χ0n) is 11.8. The van der Waals surface area contributed by atoms with Gasteiger partial charge in [-0.25, -0.2) is 4.98 Å². The second-order valence-electron chi connectivity index (χ2n) is 6.11. The number of aryl methyl sites for hydroxylation is 1. The summed E-state index contributed by atoms with van der Waals surface area (Å²) in [5.74, 6) is 1.08. The number of ether oxygens (including phenoxy) is 2. The number of anilines is 1. The van der Waals surface area contributed by atoms with Crippen LogP contribution in [0, 0.1) is 6.92 Å². The van der Waals surface area contributed by atoms with Gasteiger partial charge < -0.3 is 15.2 Å². The second kappa shape index (κ2) is 4.12. The Morgan fingerprint density at radius 1 is 1.33 bits per heavy atom. The summed E-state index contributed by atoms with van der Waals surface area (Å²) in [6.07, 6.45) is 0.826. The monoisotopic (exact) mass is 250 g/mol. The highest BCUT2D eigenvalue weighted by Gasteiger charge is 2.47. The maximum absolute atomic E-state index is 6.00. The van der Waals surface area contributed by atoms with Crippen LogP contribution in [0.25, 0.3) is 0 Å². The topological polar surface area (TPSA) is 57.4 Å². The number of hydrogen-bond donors (Lipinski definition) is 1. The third-order valence-corrected chi connectivity index (χ3v) is 3.29. The van der Waals surface area contributed by atoms with Gasteiger partial charge >= 0.3 is 0 Å². The van der Waals surface area contributed by atoms with E-state index in [1.165, 1.54) is 0 Å². The molecular weight excluding hydrogens is 228 g/mol. The van der Waals surface area contributed by atoms with Crippen LogP contribution in [0.3, 0.4) is 0 Å². The molecule has 0 amide bonds. The minimum absolute atomic E-state index is 0.0145. The van der Waals surface area contributed by atoms with Gasteiger partial charge in [-0.2, -0.15) is 0 Å². The van der Waals surface area contributed by atoms with E-state index in [0.29, 0.717) is 11.6 Å². The van der Waals surface area contributed by atoms with Gasteiger partial charge in [0, 0.05) is 12.1 Å². The first kappa shape index (κ1) is 13.1. The molecule has 1 aliphatic heterocycles. The van der Waals surface area contributed by atoms with Crippen LogP contribution in [-0.2, 0) is 4.74 Å². The summed E-state index contributed by atoms with van der Waals surface area (Å²) in [5, 5.41) is 0. The average Bonchev–Trinajstić information content (AvgIpc) is 2.39. The van der Waals surface area contributed by atoms with Crippen molar-refractivity contribution >= 4 is 5.82 Å². The van der Waals surface area contributed by atoms with E-state index in [0.717, 1.165) is 12.1 Å². The number of rotatable bonds is 2. The van der Waals surface area contributed by atoms with E-state index in [4.69, 9.17) is 15.2 Å². The van der Waals surface area contributed by atoms with Crippen LogP contribution in [0.5, 0.6) is 5.75 Å². The van der Waals surface area contributed by atoms with Crippen molar-refractivity contribution < 1.29 is 9.47 Å². The fourth-order valence-electron chi connectivity index (χ4n) is 2.51. The van der Waals surface area contributed by atoms with Crippen LogP contribution < -0.4 is 10.5 Å². The van der Waals surface area contributed by atoms with E-state index in [1.807, 2.05) is 32.9 Å². The van der Waals surface area contributed by atoms with Crippen LogP contribution in [0.1, 0.15) is 39.8 Å². The van der Waals surface area contributed by atoms with Crippen molar-refractivity contribution in [1.82, 2.24) is 4.98 Å². The van der Waals surface area contributed by atoms with E-state index in [2.05, 4.69) is 18.8 Å². The maximum Gasteiger partial charge on any atom is 0.166 e. The van der Waals surface area contributed by atoms with Crippen molar-refractivity contribution in [2.45, 2.75) is 58.3 Å². The highest BCUT2D eigenvalue weighted by atomic mass is 16.6. The first-order valence-electron chi connectivity index (χ1n) is 6.30. The lowest BCUT2D eigenvalue weighted by atomic mass is 9.97. The summed E-state index contributed by atoms with van der Waals surface area (Å²) in [4.78, 5) is 4.21. The van der Waals surface area contributed by atoms with Crippen molar-refractivity contribution in [1.29, 1.82) is 0 Å². The Morgan fingerprint density at radius 3 is 2.50 bits per heavy atom. The Balaban J connectivity index is 2.19. The molecule has 0 bridgehead atoms. The smallest absolute Gasteiger partial charge is 0.166 e. The molecule has 2 heterocycles. The molecule has 0 spiro atoms. The summed E-state index contributed by atoms with van der Waals surface area (Å²) in [6, 6.07) is 3.78. The number of hydrogen-bond acceptors (Lipinski definition) is 4. The van der Waals surface area contributed by atoms with Crippen LogP contribution in [0.2, 0.25) is 0 Å². The summed E-state index contributed by atoms with van der Waals surface area (Å²) >= 11 is 0. The molecule has 1 aromatic heterocycles. The molecule has 1 aromatic rings. The minimum atomic E-state index is -0.319. The first-order chi connectivity index (χ1) is 8.20. The van der Waals surface area contributed by atoms with Gasteiger partial charge in [0.2, 0.25) is 0 Å². The second-order valence-corrected chi connectivity index (χ2v) is 6.11. The number of aromatic nitrogens is 1. The molecule has 18 heavy (non-hydrogen) atoms. The summed E-state index contributed by atoms with van der Waals surface area (Å²) in [5.41, 5.74) is 6.29. The Kier molecular flexibility index (Phi) is 3.01. The van der Waals surface area contributed by atoms with Gasteiger partial charge in [-0.1, -0.05) is 0 Å². The van der Waals surface area contributed by atoms with Gasteiger partial charge in [-0.3, -0.25) is 0 Å². The third kappa shape index (κ3) is 2.58. The van der Waals surface area contributed by atoms with Crippen LogP contribution in [-0.4, -0.2) is 22.3 Å². The molecule has 1 saturated heterocycles. The predicted octanol–water partition coefficient (Wildman–Crippen LogP) is 2.70. The van der Waals surface area contributed by atoms with Gasteiger partial charge in [0.05, 0.1) is 5.60 Å². The maximum atomic E-state index is 6.00. The fraction of sp³-hybridized carbons (Fsp3) is 0.643. The van der Waals surface area contributed by atoms with Crippen LogP contribution >= 0.6 is 0 Å². The van der Waals surface area contributed by atoms with Crippen molar-refractivity contribution in [3.8, 4) is 5.75 Å². The normalized spacial score (nSPS) is 25.1. The molecule has 2 rings (SSSR count). The van der Waals surface area contributed by atoms with E-state index < -0.39 is 0 Å². The lowest BCUT2D eigenvalue weighted by molar-refractivity contribution is -0.0845. The van der Waals surface area contributed by atoms with E-state index in [9.17, 15) is 0 Å². The summed E-state index contributed by atoms with van der Waals surface area (Å²) in [6.45, 7) is 10.2. The van der Waals surface area contributed by atoms with Gasteiger partial charge in [0.15, 0.2) is 11.6 Å². The van der Waals surface area contributed by atoms with Gasteiger partial charge in [0.25, 0.3) is 0 Å². The molecule has 1 atom stereocenters. The molecule has 1 unspecified atom stereocenters. The molecular formula is C14H22N2O2. The van der Waals surface area contributed by atoms with Gasteiger partial charge in [-0.15, -0.1) is 0 Å². The number of pyridine rings is 1. The summed E-state index contributed by atoms with van der Waals surface area (Å²) in [7, 11) is 0. The van der Waals surface area contributed by atoms with Crippen molar-refractivity contribution in [2.24, 2.45) is 0 Å². The van der Waals surface area contributed by atoms with Crippen molar-refractivity contribution in [3.05, 3.63) is 17.8 Å². The van der Waals surface area contributed by atoms with Crippen molar-refractivity contribution in [2.75, 3.05) is 5.73 Å². The molecule has 100 valence electrons. The minimum Gasteiger partial charge on any atom is -0.483 e. The average molecular weight is 250 g/mol. The number of nitrogens with two attached hydrogens (primary N) is 1. The van der Waals surface area contributed by atoms with Crippen LogP contribution in [0.15, 0.2) is 12.1 Å². The number of nitrogens with zero attached hydrogens (tertiary/aromatic N) is 1. The molecule has 4 heteroatoms. The van der Waals surface area contributed by atoms with Gasteiger partial charge in [-0.05, 0) is 46.8 Å². The quantitative estimate of drug-likeness (QED) is 0.876. The number of nitrogen functional groups attached to an aromatic ring is 1. The van der Waals surface area contributed by atoms with Crippen LogP contribution in [0.4, 0.5) is 5.82 Å². The van der Waals surface area contributed by atoms with Crippen molar-refractivity contribution in [3.63, 3.8) is 0 Å². The molecule has 0 radical (unpaired) electrons. The van der Waals surface area contributed by atoms with E-state index in [-0.39, 0.29) is 17.3 Å². The molecule has 0 saturated carbocycles. The highest BCUT2D eigenvalue weighted by Crippen LogP contribution is 2.40. The first-order valence-corrected chi connectivity index (χ1v) is 6.30. The summed E-state index contributed by atoms with van der Waals surface area (Å²) < 4.78 is 12.0. The van der Waals surface area contributed by atoms with Gasteiger partial charge in [0.1, 0.15) is 11.7 Å². The zero-order chi connectivity index (χ0) is 13.6. The Bertz CT molecular complexity index is 455. The Hall–Kier alpha value is -1.29. The van der Waals surface area contributed by atoms with E-state index in [1.54, 1.807) is 0 Å². The molecule has 0 aromatic carbocycles.